The summed E-state index contributed by atoms with van der Waals surface area (Å²) < 4.78 is 5.68. The normalized spacial score (nSPS) is 17.2. The Morgan fingerprint density at radius 1 is 1.56 bits per heavy atom. The van der Waals surface area contributed by atoms with Crippen molar-refractivity contribution >= 4 is 11.8 Å². The number of hydrogen-bond acceptors (Lipinski definition) is 5. The Balaban J connectivity index is 2.61. The van der Waals surface area contributed by atoms with Gasteiger partial charge in [-0.25, -0.2) is 0 Å². The smallest absolute Gasteiger partial charge is 0.318 e. The zero-order valence-electron chi connectivity index (χ0n) is 9.89. The van der Waals surface area contributed by atoms with Crippen molar-refractivity contribution in [1.29, 1.82) is 5.26 Å². The molecule has 1 aliphatic rings. The number of ether oxygens (including phenoxy) is 1. The van der Waals surface area contributed by atoms with E-state index in [0.29, 0.717) is 5.56 Å². The second-order valence-corrected chi connectivity index (χ2v) is 4.06. The Morgan fingerprint density at radius 2 is 2.22 bits per heavy atom. The number of Topliss-reactive ketones (excluding diaryl/α,β-unsaturated/α-hetero) is 1. The van der Waals surface area contributed by atoms with Crippen LogP contribution in [0.25, 0.3) is 0 Å². The zero-order chi connectivity index (χ0) is 13.4. The second-order valence-electron chi connectivity index (χ2n) is 4.06. The van der Waals surface area contributed by atoms with Crippen molar-refractivity contribution in [2.45, 2.75) is 13.5 Å². The number of pyridine rings is 1. The SMILES string of the molecule is COC(=O)[C@H]1Cn2c(cc(C)c(C#N)c2=O)C1=O. The molecule has 1 aliphatic heterocycles. The highest BCUT2D eigenvalue weighted by molar-refractivity contribution is 6.09. The molecule has 0 spiro atoms. The van der Waals surface area contributed by atoms with E-state index in [9.17, 15) is 14.4 Å². The molecule has 0 N–H and O–H groups in total. The maximum atomic E-state index is 12.0. The number of carbonyl (C=O) groups excluding carboxylic acids is 2. The Bertz CT molecular complexity index is 651. The van der Waals surface area contributed by atoms with Gasteiger partial charge in [0, 0.05) is 6.54 Å². The predicted octanol–water partition coefficient (Wildman–Crippen LogP) is 0.0139. The molecule has 0 radical (unpaired) electrons. The van der Waals surface area contributed by atoms with Crippen LogP contribution >= 0.6 is 0 Å². The topological polar surface area (TPSA) is 89.2 Å². The predicted molar refractivity (Wildman–Crippen MR) is 60.0 cm³/mol. The van der Waals surface area contributed by atoms with Crippen molar-refractivity contribution in [3.05, 3.63) is 33.2 Å². The lowest BCUT2D eigenvalue weighted by molar-refractivity contribution is -0.143. The molecule has 2 heterocycles. The number of ketones is 1. The van der Waals surface area contributed by atoms with E-state index in [1.807, 2.05) is 0 Å². The van der Waals surface area contributed by atoms with Gasteiger partial charge in [-0.3, -0.25) is 14.4 Å². The van der Waals surface area contributed by atoms with Gasteiger partial charge >= 0.3 is 5.97 Å². The number of esters is 1. The zero-order valence-corrected chi connectivity index (χ0v) is 9.89. The fourth-order valence-corrected chi connectivity index (χ4v) is 2.06. The van der Waals surface area contributed by atoms with Crippen LogP contribution in [0, 0.1) is 24.2 Å². The van der Waals surface area contributed by atoms with Gasteiger partial charge in [-0.15, -0.1) is 0 Å². The molecule has 0 fully saturated rings. The highest BCUT2D eigenvalue weighted by atomic mass is 16.5. The molecule has 0 aromatic carbocycles. The molecular weight excluding hydrogens is 236 g/mol. The molecule has 0 aliphatic carbocycles. The van der Waals surface area contributed by atoms with Crippen LogP contribution in [0.15, 0.2) is 10.9 Å². The fraction of sp³-hybridized carbons (Fsp3) is 0.333. The molecule has 2 rings (SSSR count). The molecular formula is C12H10N2O4. The first-order chi connectivity index (χ1) is 8.51. The number of hydrogen-bond donors (Lipinski definition) is 0. The summed E-state index contributed by atoms with van der Waals surface area (Å²) in [4.78, 5) is 35.3. The minimum absolute atomic E-state index is 0.00272. The monoisotopic (exact) mass is 246 g/mol. The van der Waals surface area contributed by atoms with Gasteiger partial charge in [-0.05, 0) is 18.6 Å². The van der Waals surface area contributed by atoms with Crippen molar-refractivity contribution in [2.24, 2.45) is 5.92 Å². The molecule has 0 unspecified atom stereocenters. The second kappa shape index (κ2) is 4.11. The summed E-state index contributed by atoms with van der Waals surface area (Å²) in [5.41, 5.74) is 0.0591. The van der Waals surface area contributed by atoms with E-state index < -0.39 is 23.2 Å². The summed E-state index contributed by atoms with van der Waals surface area (Å²) in [6, 6.07) is 3.27. The summed E-state index contributed by atoms with van der Waals surface area (Å²) in [6.07, 6.45) is 0. The first kappa shape index (κ1) is 12.0. The van der Waals surface area contributed by atoms with Crippen LogP contribution in [0.1, 0.15) is 21.6 Å². The van der Waals surface area contributed by atoms with E-state index in [2.05, 4.69) is 4.74 Å². The molecule has 0 amide bonds. The molecule has 1 aromatic rings. The van der Waals surface area contributed by atoms with Crippen molar-refractivity contribution in [3.8, 4) is 6.07 Å². The van der Waals surface area contributed by atoms with E-state index in [-0.39, 0.29) is 17.8 Å². The van der Waals surface area contributed by atoms with Crippen LogP contribution in [-0.4, -0.2) is 23.4 Å². The summed E-state index contributed by atoms with van der Waals surface area (Å²) in [6.45, 7) is 1.52. The molecule has 0 saturated carbocycles. The lowest BCUT2D eigenvalue weighted by Crippen LogP contribution is -2.25. The van der Waals surface area contributed by atoms with Crippen LogP contribution in [0.5, 0.6) is 0 Å². The minimum Gasteiger partial charge on any atom is -0.468 e. The van der Waals surface area contributed by atoms with E-state index in [0.717, 1.165) is 4.57 Å². The number of carbonyl (C=O) groups is 2. The van der Waals surface area contributed by atoms with Gasteiger partial charge in [0.1, 0.15) is 17.6 Å². The van der Waals surface area contributed by atoms with E-state index in [1.54, 1.807) is 13.0 Å². The first-order valence-corrected chi connectivity index (χ1v) is 5.27. The molecule has 0 bridgehead atoms. The van der Waals surface area contributed by atoms with Gasteiger partial charge in [0.05, 0.1) is 12.8 Å². The fourth-order valence-electron chi connectivity index (χ4n) is 2.06. The van der Waals surface area contributed by atoms with E-state index in [1.165, 1.54) is 13.2 Å². The lowest BCUT2D eigenvalue weighted by Gasteiger charge is -2.04. The number of rotatable bonds is 1. The summed E-state index contributed by atoms with van der Waals surface area (Å²) >= 11 is 0. The van der Waals surface area contributed by atoms with E-state index in [4.69, 9.17) is 5.26 Å². The van der Waals surface area contributed by atoms with Gasteiger partial charge in [0.15, 0.2) is 5.78 Å². The van der Waals surface area contributed by atoms with Crippen LogP contribution in [0.4, 0.5) is 0 Å². The van der Waals surface area contributed by atoms with Gasteiger partial charge in [0.25, 0.3) is 5.56 Å². The van der Waals surface area contributed by atoms with Crippen molar-refractivity contribution < 1.29 is 14.3 Å². The Hall–Kier alpha value is -2.42. The molecule has 1 atom stereocenters. The van der Waals surface area contributed by atoms with Gasteiger partial charge < -0.3 is 9.30 Å². The molecule has 92 valence electrons. The molecule has 6 nitrogen and oxygen atoms in total. The first-order valence-electron chi connectivity index (χ1n) is 5.27. The van der Waals surface area contributed by atoms with Crippen LogP contribution in [-0.2, 0) is 16.1 Å². The maximum Gasteiger partial charge on any atom is 0.318 e. The third-order valence-corrected chi connectivity index (χ3v) is 3.03. The quantitative estimate of drug-likeness (QED) is 0.514. The molecule has 0 saturated heterocycles. The standard InChI is InChI=1S/C12H10N2O4/c1-6-3-9-10(15)8(12(17)18-2)5-14(9)11(16)7(6)4-13/h3,8H,5H2,1-2H3/t8-/m0/s1. The Morgan fingerprint density at radius 3 is 2.78 bits per heavy atom. The highest BCUT2D eigenvalue weighted by Crippen LogP contribution is 2.21. The number of nitriles is 1. The highest BCUT2D eigenvalue weighted by Gasteiger charge is 2.38. The van der Waals surface area contributed by atoms with Crippen LogP contribution in [0.2, 0.25) is 0 Å². The molecule has 1 aromatic heterocycles. The third-order valence-electron chi connectivity index (χ3n) is 3.03. The number of aryl methyl sites for hydroxylation is 1. The van der Waals surface area contributed by atoms with Crippen molar-refractivity contribution in [3.63, 3.8) is 0 Å². The summed E-state index contributed by atoms with van der Waals surface area (Å²) in [5.74, 6) is -2.10. The Labute approximate surface area is 102 Å². The average molecular weight is 246 g/mol. The third kappa shape index (κ3) is 1.52. The number of methoxy groups -OCH3 is 1. The van der Waals surface area contributed by atoms with E-state index >= 15 is 0 Å². The number of nitrogens with zero attached hydrogens (tertiary/aromatic N) is 2. The molecule has 18 heavy (non-hydrogen) atoms. The van der Waals surface area contributed by atoms with Crippen LogP contribution in [0.3, 0.4) is 0 Å². The summed E-state index contributed by atoms with van der Waals surface area (Å²) in [7, 11) is 1.19. The molecule has 6 heteroatoms. The minimum atomic E-state index is -0.990. The maximum absolute atomic E-state index is 12.0. The van der Waals surface area contributed by atoms with Gasteiger partial charge in [0.2, 0.25) is 0 Å². The van der Waals surface area contributed by atoms with Crippen molar-refractivity contribution in [1.82, 2.24) is 4.57 Å². The van der Waals surface area contributed by atoms with Crippen LogP contribution < -0.4 is 5.56 Å². The number of aromatic nitrogens is 1. The Kier molecular flexibility index (Phi) is 2.75. The average Bonchev–Trinajstić information content (AvgIpc) is 2.67. The van der Waals surface area contributed by atoms with Gasteiger partial charge in [-0.1, -0.05) is 0 Å². The largest absolute Gasteiger partial charge is 0.468 e. The lowest BCUT2D eigenvalue weighted by atomic mass is 10.0. The van der Waals surface area contributed by atoms with Crippen molar-refractivity contribution in [2.75, 3.05) is 7.11 Å². The van der Waals surface area contributed by atoms with Gasteiger partial charge in [-0.2, -0.15) is 5.26 Å². The summed E-state index contributed by atoms with van der Waals surface area (Å²) in [5, 5.41) is 8.88. The number of fused-ring (bicyclic) bond motifs is 1.